The smallest absolute Gasteiger partial charge is 0.285 e. The van der Waals surface area contributed by atoms with Gasteiger partial charge in [0.1, 0.15) is 18.0 Å². The van der Waals surface area contributed by atoms with E-state index in [1.807, 2.05) is 23.5 Å². The lowest BCUT2D eigenvalue weighted by molar-refractivity contribution is -0.385. The average Bonchev–Trinajstić information content (AvgIpc) is 3.32. The number of aliphatic hydroxyl groups excluding tert-OH is 1. The van der Waals surface area contributed by atoms with Gasteiger partial charge < -0.3 is 20.1 Å². The largest absolute Gasteiger partial charge is 0.478 e. The number of nitro groups is 1. The number of ether oxygens (including phenoxy) is 1. The molecular weight excluding hydrogens is 464 g/mol. The SMILES string of the molecule is CCSC(SCC)[C@@H]1CCCN1C(=O)c1cc(CO)c(OCN2CCNCC2)cc1[N+](=O)[O-]. The fraction of sp³-hybridized carbons (Fsp3) is 0.682. The number of piperazine rings is 1. The molecule has 0 aromatic heterocycles. The van der Waals surface area contributed by atoms with Gasteiger partial charge in [-0.05, 0) is 30.4 Å². The molecule has 0 radical (unpaired) electrons. The van der Waals surface area contributed by atoms with Crippen LogP contribution in [0.4, 0.5) is 5.69 Å². The number of rotatable bonds is 11. The van der Waals surface area contributed by atoms with E-state index in [4.69, 9.17) is 4.74 Å². The van der Waals surface area contributed by atoms with Gasteiger partial charge in [0.05, 0.1) is 28.2 Å². The van der Waals surface area contributed by atoms with Crippen LogP contribution < -0.4 is 10.1 Å². The predicted molar refractivity (Wildman–Crippen MR) is 133 cm³/mol. The standard InChI is InChI=1S/C22H34N4O5S2/c1-3-32-22(33-4-2)18-6-5-9-25(18)21(28)17-12-16(14-27)20(13-19(17)26(29)30)31-15-24-10-7-23-8-11-24/h12-13,18,22-23,27H,3-11,14-15H2,1-2H3/t18-/m0/s1. The van der Waals surface area contributed by atoms with E-state index in [1.165, 1.54) is 12.1 Å². The Balaban J connectivity index is 1.86. The molecule has 33 heavy (non-hydrogen) atoms. The molecule has 2 saturated heterocycles. The maximum Gasteiger partial charge on any atom is 0.285 e. The molecule has 1 amide bonds. The molecule has 2 aliphatic rings. The number of hydrogen-bond acceptors (Lipinski definition) is 9. The van der Waals surface area contributed by atoms with Crippen LogP contribution in [-0.2, 0) is 6.61 Å². The molecule has 0 aliphatic carbocycles. The quantitative estimate of drug-likeness (QED) is 0.270. The molecule has 2 aliphatic heterocycles. The number of aliphatic hydroxyl groups is 1. The molecule has 0 unspecified atom stereocenters. The highest BCUT2D eigenvalue weighted by atomic mass is 32.2. The van der Waals surface area contributed by atoms with E-state index in [0.717, 1.165) is 50.5 Å². The first-order valence-electron chi connectivity index (χ1n) is 11.5. The number of hydrogen-bond donors (Lipinski definition) is 2. The van der Waals surface area contributed by atoms with Crippen molar-refractivity contribution in [3.05, 3.63) is 33.4 Å². The molecule has 2 heterocycles. The van der Waals surface area contributed by atoms with Crippen LogP contribution in [0.25, 0.3) is 0 Å². The molecule has 2 N–H and O–H groups in total. The summed E-state index contributed by atoms with van der Waals surface area (Å²) in [5.74, 6) is 1.80. The van der Waals surface area contributed by atoms with Crippen molar-refractivity contribution in [2.45, 2.75) is 43.9 Å². The third-order valence-corrected chi connectivity index (χ3v) is 8.69. The van der Waals surface area contributed by atoms with Gasteiger partial charge >= 0.3 is 0 Å². The van der Waals surface area contributed by atoms with Crippen molar-refractivity contribution in [1.29, 1.82) is 0 Å². The second kappa shape index (κ2) is 12.8. The van der Waals surface area contributed by atoms with Gasteiger partial charge in [0.15, 0.2) is 0 Å². The van der Waals surface area contributed by atoms with Crippen LogP contribution in [0.1, 0.15) is 42.6 Å². The van der Waals surface area contributed by atoms with Crippen LogP contribution >= 0.6 is 23.5 Å². The van der Waals surface area contributed by atoms with E-state index < -0.39 is 4.92 Å². The molecule has 2 fully saturated rings. The van der Waals surface area contributed by atoms with E-state index in [9.17, 15) is 20.0 Å². The molecule has 1 atom stereocenters. The van der Waals surface area contributed by atoms with Crippen LogP contribution in [0.3, 0.4) is 0 Å². The lowest BCUT2D eigenvalue weighted by Gasteiger charge is -2.31. The van der Waals surface area contributed by atoms with Gasteiger partial charge in [-0.25, -0.2) is 0 Å². The Hall–Kier alpha value is -1.53. The lowest BCUT2D eigenvalue weighted by atomic mass is 10.1. The zero-order chi connectivity index (χ0) is 23.8. The van der Waals surface area contributed by atoms with E-state index in [2.05, 4.69) is 24.1 Å². The zero-order valence-corrected chi connectivity index (χ0v) is 21.0. The van der Waals surface area contributed by atoms with Gasteiger partial charge in [-0.2, -0.15) is 0 Å². The van der Waals surface area contributed by atoms with Gasteiger partial charge in [0.25, 0.3) is 11.6 Å². The second-order valence-corrected chi connectivity index (χ2v) is 11.2. The van der Waals surface area contributed by atoms with Gasteiger partial charge in [0.2, 0.25) is 0 Å². The molecule has 0 spiro atoms. The van der Waals surface area contributed by atoms with E-state index in [-0.39, 0.29) is 46.9 Å². The molecule has 0 saturated carbocycles. The number of nitro benzene ring substituents is 1. The number of likely N-dealkylation sites (tertiary alicyclic amines) is 1. The summed E-state index contributed by atoms with van der Waals surface area (Å²) >= 11 is 3.64. The fourth-order valence-electron chi connectivity index (χ4n) is 4.28. The minimum atomic E-state index is -0.532. The Morgan fingerprint density at radius 1 is 1.27 bits per heavy atom. The Morgan fingerprint density at radius 2 is 1.97 bits per heavy atom. The van der Waals surface area contributed by atoms with Crippen LogP contribution in [-0.4, -0.2) is 87.3 Å². The number of nitrogens with one attached hydrogen (secondary N) is 1. The van der Waals surface area contributed by atoms with Crippen molar-refractivity contribution in [1.82, 2.24) is 15.1 Å². The number of thioether (sulfide) groups is 2. The first-order valence-corrected chi connectivity index (χ1v) is 13.6. The van der Waals surface area contributed by atoms with E-state index in [0.29, 0.717) is 12.1 Å². The van der Waals surface area contributed by atoms with E-state index in [1.54, 1.807) is 4.90 Å². The van der Waals surface area contributed by atoms with Crippen molar-refractivity contribution in [2.24, 2.45) is 0 Å². The Labute approximate surface area is 203 Å². The van der Waals surface area contributed by atoms with Crippen molar-refractivity contribution in [3.63, 3.8) is 0 Å². The second-order valence-electron chi connectivity index (χ2n) is 8.02. The number of benzene rings is 1. The minimum Gasteiger partial charge on any atom is -0.478 e. The van der Waals surface area contributed by atoms with Crippen LogP contribution in [0.2, 0.25) is 0 Å². The highest BCUT2D eigenvalue weighted by Gasteiger charge is 2.38. The molecule has 3 rings (SSSR count). The Morgan fingerprint density at radius 3 is 2.58 bits per heavy atom. The van der Waals surface area contributed by atoms with Gasteiger partial charge in [0, 0.05) is 38.3 Å². The first kappa shape index (κ1) is 26.1. The summed E-state index contributed by atoms with van der Waals surface area (Å²) < 4.78 is 6.08. The molecule has 0 bridgehead atoms. The molecule has 1 aromatic carbocycles. The monoisotopic (exact) mass is 498 g/mol. The van der Waals surface area contributed by atoms with Crippen LogP contribution in [0, 0.1) is 10.1 Å². The zero-order valence-electron chi connectivity index (χ0n) is 19.3. The summed E-state index contributed by atoms with van der Waals surface area (Å²) in [6.07, 6.45) is 1.77. The maximum atomic E-state index is 13.5. The topological polar surface area (TPSA) is 108 Å². The van der Waals surface area contributed by atoms with Gasteiger partial charge in [-0.1, -0.05) is 13.8 Å². The number of amides is 1. The predicted octanol–water partition coefficient (Wildman–Crippen LogP) is 2.77. The minimum absolute atomic E-state index is 0.0206. The summed E-state index contributed by atoms with van der Waals surface area (Å²) in [7, 11) is 0. The van der Waals surface area contributed by atoms with Crippen molar-refractivity contribution < 1.29 is 19.6 Å². The normalized spacial score (nSPS) is 19.3. The summed E-state index contributed by atoms with van der Waals surface area (Å²) in [4.78, 5) is 28.8. The van der Waals surface area contributed by atoms with Crippen LogP contribution in [0.15, 0.2) is 12.1 Å². The van der Waals surface area contributed by atoms with Gasteiger partial charge in [-0.3, -0.25) is 19.8 Å². The van der Waals surface area contributed by atoms with Crippen molar-refractivity contribution in [3.8, 4) is 5.75 Å². The molecular formula is C22H34N4O5S2. The lowest BCUT2D eigenvalue weighted by Crippen LogP contribution is -2.45. The molecule has 1 aromatic rings. The maximum absolute atomic E-state index is 13.5. The summed E-state index contributed by atoms with van der Waals surface area (Å²) in [6.45, 7) is 8.05. The van der Waals surface area contributed by atoms with E-state index >= 15 is 0 Å². The third kappa shape index (κ3) is 6.54. The van der Waals surface area contributed by atoms with Crippen molar-refractivity contribution in [2.75, 3.05) is 51.0 Å². The highest BCUT2D eigenvalue weighted by Crippen LogP contribution is 2.37. The van der Waals surface area contributed by atoms with Crippen molar-refractivity contribution >= 4 is 35.1 Å². The Kier molecular flexibility index (Phi) is 10.1. The number of nitrogens with zero attached hydrogens (tertiary/aromatic N) is 3. The highest BCUT2D eigenvalue weighted by molar-refractivity contribution is 8.17. The summed E-state index contributed by atoms with van der Waals surface area (Å²) in [5, 5.41) is 25.1. The average molecular weight is 499 g/mol. The number of carbonyl (C=O) groups is 1. The van der Waals surface area contributed by atoms with Gasteiger partial charge in [-0.15, -0.1) is 23.5 Å². The van der Waals surface area contributed by atoms with Crippen LogP contribution in [0.5, 0.6) is 5.75 Å². The Bertz CT molecular complexity index is 816. The fourth-order valence-corrected chi connectivity index (χ4v) is 7.15. The first-order chi connectivity index (χ1) is 16.0. The molecule has 11 heteroatoms. The molecule has 184 valence electrons. The summed E-state index contributed by atoms with van der Waals surface area (Å²) in [6, 6.07) is 2.77. The molecule has 9 nitrogen and oxygen atoms in total. The third-order valence-electron chi connectivity index (χ3n) is 5.92. The number of carbonyl (C=O) groups excluding carboxylic acids is 1. The summed E-state index contributed by atoms with van der Waals surface area (Å²) in [5.41, 5.74) is 0.130.